The van der Waals surface area contributed by atoms with E-state index in [-0.39, 0.29) is 11.9 Å². The fourth-order valence-electron chi connectivity index (χ4n) is 4.47. The van der Waals surface area contributed by atoms with Crippen molar-refractivity contribution < 1.29 is 9.59 Å². The lowest BCUT2D eigenvalue weighted by Crippen LogP contribution is -2.57. The molecule has 3 N–H and O–H groups in total. The largest absolute Gasteiger partial charge is 0.368 e. The van der Waals surface area contributed by atoms with E-state index in [2.05, 4.69) is 21.2 Å². The van der Waals surface area contributed by atoms with Crippen molar-refractivity contribution in [3.05, 3.63) is 68.1 Å². The van der Waals surface area contributed by atoms with E-state index in [0.717, 1.165) is 28.6 Å². The zero-order valence-electron chi connectivity index (χ0n) is 16.9. The molecule has 1 saturated carbocycles. The number of carbonyl (C=O) groups is 2. The first kappa shape index (κ1) is 22.6. The van der Waals surface area contributed by atoms with Crippen LogP contribution in [0.2, 0.25) is 10.0 Å². The van der Waals surface area contributed by atoms with Crippen LogP contribution >= 0.6 is 39.1 Å². The van der Waals surface area contributed by atoms with Crippen molar-refractivity contribution >= 4 is 50.9 Å². The minimum Gasteiger partial charge on any atom is -0.368 e. The number of halogens is 3. The Balaban J connectivity index is 1.70. The van der Waals surface area contributed by atoms with Gasteiger partial charge in [0.1, 0.15) is 6.04 Å². The predicted molar refractivity (Wildman–Crippen MR) is 126 cm³/mol. The second-order valence-corrected chi connectivity index (χ2v) is 10.1. The van der Waals surface area contributed by atoms with Gasteiger partial charge < -0.3 is 16.0 Å². The lowest BCUT2D eigenvalue weighted by Gasteiger charge is -2.37. The standard InChI is InChI=1S/C23H24BrCl2N3O2/c24-15-3-1-14(2-4-15)11-20(21(27)30)29(17-7-10-28-13-17)22(31)23(8-9-23)18-6-5-16(25)12-19(18)26/h1-6,12,17,20,28H,7-11,13H2,(H2,27,30)/t17-,20+/m1/s1. The first-order chi connectivity index (χ1) is 14.8. The highest BCUT2D eigenvalue weighted by Gasteiger charge is 2.56. The van der Waals surface area contributed by atoms with Gasteiger partial charge >= 0.3 is 0 Å². The zero-order valence-corrected chi connectivity index (χ0v) is 20.0. The summed E-state index contributed by atoms with van der Waals surface area (Å²) in [4.78, 5) is 28.4. The summed E-state index contributed by atoms with van der Waals surface area (Å²) in [5.74, 6) is -0.576. The summed E-state index contributed by atoms with van der Waals surface area (Å²) in [6.45, 7) is 1.44. The summed E-state index contributed by atoms with van der Waals surface area (Å²) in [6, 6.07) is 12.2. The third kappa shape index (κ3) is 4.63. The van der Waals surface area contributed by atoms with Crippen molar-refractivity contribution in [3.8, 4) is 0 Å². The van der Waals surface area contributed by atoms with E-state index in [1.807, 2.05) is 30.3 Å². The van der Waals surface area contributed by atoms with Crippen LogP contribution in [0.15, 0.2) is 46.9 Å². The molecule has 1 aliphatic heterocycles. The number of hydrogen-bond donors (Lipinski definition) is 2. The van der Waals surface area contributed by atoms with Crippen LogP contribution in [-0.4, -0.2) is 41.9 Å². The highest BCUT2D eigenvalue weighted by atomic mass is 79.9. The average Bonchev–Trinajstić information content (AvgIpc) is 3.35. The minimum atomic E-state index is -0.734. The molecule has 31 heavy (non-hydrogen) atoms. The Hall–Kier alpha value is -1.60. The summed E-state index contributed by atoms with van der Waals surface area (Å²) in [7, 11) is 0. The monoisotopic (exact) mass is 523 g/mol. The van der Waals surface area contributed by atoms with Gasteiger partial charge in [-0.2, -0.15) is 0 Å². The molecule has 0 bridgehead atoms. The molecular formula is C23H24BrCl2N3O2. The molecule has 0 aromatic heterocycles. The lowest BCUT2D eigenvalue weighted by atomic mass is 9.91. The molecule has 4 rings (SSSR count). The molecular weight excluding hydrogens is 501 g/mol. The molecule has 2 aliphatic rings. The van der Waals surface area contributed by atoms with E-state index in [1.54, 1.807) is 17.0 Å². The molecule has 164 valence electrons. The zero-order chi connectivity index (χ0) is 22.2. The molecule has 2 aromatic carbocycles. The fourth-order valence-corrected chi connectivity index (χ4v) is 5.32. The third-order valence-electron chi connectivity index (χ3n) is 6.27. The van der Waals surface area contributed by atoms with E-state index in [4.69, 9.17) is 28.9 Å². The Morgan fingerprint density at radius 1 is 1.19 bits per heavy atom. The molecule has 0 radical (unpaired) electrons. The molecule has 5 nitrogen and oxygen atoms in total. The average molecular weight is 525 g/mol. The van der Waals surface area contributed by atoms with Crippen LogP contribution in [0.1, 0.15) is 30.4 Å². The van der Waals surface area contributed by atoms with Crippen LogP contribution in [0.25, 0.3) is 0 Å². The molecule has 0 unspecified atom stereocenters. The molecule has 1 saturated heterocycles. The summed E-state index contributed by atoms with van der Waals surface area (Å²) < 4.78 is 0.953. The van der Waals surface area contributed by atoms with Gasteiger partial charge in [-0.25, -0.2) is 0 Å². The summed E-state index contributed by atoms with van der Waals surface area (Å²) in [6.07, 6.45) is 2.52. The Bertz CT molecular complexity index is 989. The second kappa shape index (κ2) is 9.10. The predicted octanol–water partition coefficient (Wildman–Crippen LogP) is 4.07. The van der Waals surface area contributed by atoms with Gasteiger partial charge in [-0.05, 0) is 61.2 Å². The molecule has 8 heteroatoms. The Morgan fingerprint density at radius 2 is 1.90 bits per heavy atom. The number of nitrogens with one attached hydrogen (secondary N) is 1. The van der Waals surface area contributed by atoms with Crippen LogP contribution in [0.5, 0.6) is 0 Å². The van der Waals surface area contributed by atoms with Crippen molar-refractivity contribution in [3.63, 3.8) is 0 Å². The normalized spacial score (nSPS) is 20.3. The van der Waals surface area contributed by atoms with E-state index in [1.165, 1.54) is 0 Å². The summed E-state index contributed by atoms with van der Waals surface area (Å²) in [5, 5.41) is 4.31. The van der Waals surface area contributed by atoms with Gasteiger partial charge in [0.25, 0.3) is 0 Å². The van der Waals surface area contributed by atoms with Crippen molar-refractivity contribution in [1.29, 1.82) is 0 Å². The van der Waals surface area contributed by atoms with Crippen LogP contribution in [0, 0.1) is 0 Å². The van der Waals surface area contributed by atoms with Gasteiger partial charge in [0.2, 0.25) is 11.8 Å². The van der Waals surface area contributed by atoms with Gasteiger partial charge in [0, 0.05) is 33.5 Å². The first-order valence-corrected chi connectivity index (χ1v) is 11.9. The van der Waals surface area contributed by atoms with E-state index in [9.17, 15) is 9.59 Å². The number of amides is 2. The second-order valence-electron chi connectivity index (χ2n) is 8.31. The maximum atomic E-state index is 14.0. The van der Waals surface area contributed by atoms with Gasteiger partial charge in [-0.15, -0.1) is 0 Å². The smallest absolute Gasteiger partial charge is 0.240 e. The van der Waals surface area contributed by atoms with Gasteiger partial charge in [-0.3, -0.25) is 9.59 Å². The fraction of sp³-hybridized carbons (Fsp3) is 0.391. The topological polar surface area (TPSA) is 75.4 Å². The number of hydrogen-bond acceptors (Lipinski definition) is 3. The Labute approximate surface area is 200 Å². The molecule has 1 aliphatic carbocycles. The highest BCUT2D eigenvalue weighted by molar-refractivity contribution is 9.10. The number of nitrogens with zero attached hydrogens (tertiary/aromatic N) is 1. The van der Waals surface area contributed by atoms with Gasteiger partial charge in [0.05, 0.1) is 5.41 Å². The molecule has 0 spiro atoms. The van der Waals surface area contributed by atoms with Crippen molar-refractivity contribution in [2.24, 2.45) is 5.73 Å². The van der Waals surface area contributed by atoms with Crippen LogP contribution in [0.4, 0.5) is 0 Å². The van der Waals surface area contributed by atoms with Crippen molar-refractivity contribution in [1.82, 2.24) is 10.2 Å². The van der Waals surface area contributed by atoms with E-state index < -0.39 is 17.4 Å². The molecule has 2 fully saturated rings. The number of primary amides is 1. The van der Waals surface area contributed by atoms with Crippen molar-refractivity contribution in [2.45, 2.75) is 43.2 Å². The van der Waals surface area contributed by atoms with E-state index in [0.29, 0.717) is 35.9 Å². The number of nitrogens with two attached hydrogens (primary N) is 1. The lowest BCUT2D eigenvalue weighted by molar-refractivity contribution is -0.144. The summed E-state index contributed by atoms with van der Waals surface area (Å²) >= 11 is 16.0. The van der Waals surface area contributed by atoms with Crippen LogP contribution in [-0.2, 0) is 21.4 Å². The van der Waals surface area contributed by atoms with Crippen LogP contribution in [0.3, 0.4) is 0 Å². The molecule has 2 aromatic rings. The molecule has 2 atom stereocenters. The highest BCUT2D eigenvalue weighted by Crippen LogP contribution is 2.52. The minimum absolute atomic E-state index is 0.0775. The van der Waals surface area contributed by atoms with Gasteiger partial charge in [-0.1, -0.05) is 57.3 Å². The number of rotatable bonds is 7. The Kier molecular flexibility index (Phi) is 6.63. The van der Waals surface area contributed by atoms with Crippen molar-refractivity contribution in [2.75, 3.05) is 13.1 Å². The summed E-state index contributed by atoms with van der Waals surface area (Å²) in [5.41, 5.74) is 6.86. The molecule has 2 amide bonds. The number of carbonyl (C=O) groups excluding carboxylic acids is 2. The maximum absolute atomic E-state index is 14.0. The Morgan fingerprint density at radius 3 is 2.45 bits per heavy atom. The molecule has 1 heterocycles. The van der Waals surface area contributed by atoms with Crippen LogP contribution < -0.4 is 11.1 Å². The third-order valence-corrected chi connectivity index (χ3v) is 7.35. The first-order valence-electron chi connectivity index (χ1n) is 10.3. The SMILES string of the molecule is NC(=O)[C@H](Cc1ccc(Br)cc1)N(C(=O)C1(c2ccc(Cl)cc2Cl)CC1)[C@@H]1CCNC1. The quantitative estimate of drug-likeness (QED) is 0.573. The van der Waals surface area contributed by atoms with E-state index >= 15 is 0 Å². The maximum Gasteiger partial charge on any atom is 0.240 e. The van der Waals surface area contributed by atoms with Gasteiger partial charge in [0.15, 0.2) is 0 Å². The number of benzene rings is 2.